The third kappa shape index (κ3) is 65.0. The predicted molar refractivity (Wildman–Crippen MR) is 344 cm³/mol. The van der Waals surface area contributed by atoms with E-state index in [1.165, 1.54) is 173 Å². The molecule has 454 valence electrons. The lowest BCUT2D eigenvalue weighted by Crippen LogP contribution is -2.30. The molecule has 0 N–H and O–H groups in total. The number of ether oxygens (including phenoxy) is 3. The van der Waals surface area contributed by atoms with E-state index >= 15 is 0 Å². The topological polar surface area (TPSA) is 78.9 Å². The van der Waals surface area contributed by atoms with E-state index in [2.05, 4.69) is 118 Å². The van der Waals surface area contributed by atoms with Gasteiger partial charge in [0, 0.05) is 19.3 Å². The average molecular weight is 1100 g/mol. The van der Waals surface area contributed by atoms with Gasteiger partial charge >= 0.3 is 17.9 Å². The fourth-order valence-electron chi connectivity index (χ4n) is 9.60. The van der Waals surface area contributed by atoms with E-state index in [9.17, 15) is 14.4 Å². The molecule has 6 heteroatoms. The van der Waals surface area contributed by atoms with Crippen molar-refractivity contribution in [1.82, 2.24) is 0 Å². The minimum absolute atomic E-state index is 0.0822. The predicted octanol–water partition coefficient (Wildman–Crippen LogP) is 23.2. The summed E-state index contributed by atoms with van der Waals surface area (Å²) in [5, 5.41) is 0. The van der Waals surface area contributed by atoms with Crippen LogP contribution in [0.2, 0.25) is 0 Å². The van der Waals surface area contributed by atoms with Gasteiger partial charge in [-0.25, -0.2) is 0 Å². The highest BCUT2D eigenvalue weighted by Crippen LogP contribution is 2.17. The first kappa shape index (κ1) is 75.3. The van der Waals surface area contributed by atoms with E-state index in [1.54, 1.807) is 0 Å². The van der Waals surface area contributed by atoms with Gasteiger partial charge in [0.25, 0.3) is 0 Å². The molecule has 0 saturated heterocycles. The largest absolute Gasteiger partial charge is 0.462 e. The molecule has 79 heavy (non-hydrogen) atoms. The summed E-state index contributed by atoms with van der Waals surface area (Å²) in [6.45, 7) is 6.42. The first-order valence-electron chi connectivity index (χ1n) is 33.7. The molecule has 0 spiro atoms. The molecule has 0 rings (SSSR count). The molecule has 1 unspecified atom stereocenters. The van der Waals surface area contributed by atoms with Crippen LogP contribution in [-0.4, -0.2) is 37.2 Å². The van der Waals surface area contributed by atoms with E-state index in [0.717, 1.165) is 116 Å². The van der Waals surface area contributed by atoms with Crippen LogP contribution in [0.25, 0.3) is 0 Å². The molecule has 0 heterocycles. The quantitative estimate of drug-likeness (QED) is 0.0261. The lowest BCUT2D eigenvalue weighted by atomic mass is 10.0. The van der Waals surface area contributed by atoms with Gasteiger partial charge in [0.05, 0.1) is 0 Å². The zero-order chi connectivity index (χ0) is 57.1. The third-order valence-electron chi connectivity index (χ3n) is 14.6. The van der Waals surface area contributed by atoms with Gasteiger partial charge in [-0.1, -0.05) is 311 Å². The Hall–Kier alpha value is -3.67. The van der Waals surface area contributed by atoms with Crippen molar-refractivity contribution >= 4 is 17.9 Å². The van der Waals surface area contributed by atoms with Crippen LogP contribution in [0.3, 0.4) is 0 Å². The van der Waals surface area contributed by atoms with Gasteiger partial charge in [0.15, 0.2) is 6.10 Å². The number of carbonyl (C=O) groups excluding carboxylic acids is 3. The van der Waals surface area contributed by atoms with Gasteiger partial charge in [-0.15, -0.1) is 0 Å². The van der Waals surface area contributed by atoms with Crippen LogP contribution < -0.4 is 0 Å². The number of unbranched alkanes of at least 4 members (excludes halogenated alkanes) is 34. The second kappa shape index (κ2) is 66.8. The number of hydrogen-bond acceptors (Lipinski definition) is 6. The van der Waals surface area contributed by atoms with E-state index in [0.29, 0.717) is 19.3 Å². The number of allylic oxidation sites excluding steroid dienone is 16. The molecule has 0 aliphatic rings. The van der Waals surface area contributed by atoms with Crippen LogP contribution in [0.4, 0.5) is 0 Å². The molecule has 0 radical (unpaired) electrons. The van der Waals surface area contributed by atoms with Crippen molar-refractivity contribution < 1.29 is 28.6 Å². The minimum atomic E-state index is -0.787. The Morgan fingerprint density at radius 3 is 0.785 bits per heavy atom. The van der Waals surface area contributed by atoms with Crippen LogP contribution in [0.1, 0.15) is 329 Å². The van der Waals surface area contributed by atoms with Crippen molar-refractivity contribution in [2.45, 2.75) is 335 Å². The summed E-state index contributed by atoms with van der Waals surface area (Å²) in [5.41, 5.74) is 0. The van der Waals surface area contributed by atoms with Crippen LogP contribution in [0, 0.1) is 0 Å². The van der Waals surface area contributed by atoms with Crippen LogP contribution >= 0.6 is 0 Å². The molecule has 0 saturated carbocycles. The van der Waals surface area contributed by atoms with Gasteiger partial charge < -0.3 is 14.2 Å². The maximum atomic E-state index is 12.9. The highest BCUT2D eigenvalue weighted by atomic mass is 16.6. The maximum Gasteiger partial charge on any atom is 0.306 e. The fraction of sp³-hybridized carbons (Fsp3) is 0.740. The molecular formula is C73H126O6. The zero-order valence-corrected chi connectivity index (χ0v) is 52.1. The van der Waals surface area contributed by atoms with Crippen LogP contribution in [0.5, 0.6) is 0 Å². The molecule has 6 nitrogen and oxygen atoms in total. The molecule has 0 aliphatic carbocycles. The Kier molecular flexibility index (Phi) is 63.7. The summed E-state index contributed by atoms with van der Waals surface area (Å²) >= 11 is 0. The lowest BCUT2D eigenvalue weighted by molar-refractivity contribution is -0.167. The summed E-state index contributed by atoms with van der Waals surface area (Å²) in [4.78, 5) is 38.3. The first-order valence-corrected chi connectivity index (χ1v) is 33.7. The molecule has 0 aromatic carbocycles. The minimum Gasteiger partial charge on any atom is -0.462 e. The van der Waals surface area contributed by atoms with Gasteiger partial charge in [0.1, 0.15) is 13.2 Å². The van der Waals surface area contributed by atoms with Gasteiger partial charge in [0.2, 0.25) is 0 Å². The SMILES string of the molecule is CC/C=C\C/C=C\C/C=C\C/C=C\C/C=C\CCCCCCCCCCCCCCCCCCCC(=O)OCC(COC(=O)CCCCC/C=C\C/C=C\C/C=C\CC)OC(=O)CCCCCCCCCCCCCCCCC. The Balaban J connectivity index is 4.15. The Labute approximate surface area is 489 Å². The molecule has 0 amide bonds. The van der Waals surface area contributed by atoms with Crippen molar-refractivity contribution in [2.24, 2.45) is 0 Å². The standard InChI is InChI=1S/C73H126O6/c1-4-7-10-13-16-19-22-25-27-28-29-30-31-32-33-34-35-36-37-38-39-40-41-42-43-44-46-48-51-54-57-60-63-66-72(75)78-69-70(68-77-71(74)65-62-59-56-53-50-47-24-21-18-15-12-9-6-3)79-73(76)67-64-61-58-55-52-49-45-26-23-20-17-14-11-8-5-2/h7,9-10,12,16,18-19,21,25,27,29-30,32-33,47,50,70H,4-6,8,11,13-15,17,20,22-24,26,28,31,34-46,48-49,51-69H2,1-3H3/b10-7-,12-9-,19-16-,21-18-,27-25-,30-29-,33-32-,50-47-. The van der Waals surface area contributed by atoms with Crippen LogP contribution in [0.15, 0.2) is 97.2 Å². The van der Waals surface area contributed by atoms with Crippen molar-refractivity contribution in [3.8, 4) is 0 Å². The molecule has 0 aliphatic heterocycles. The average Bonchev–Trinajstić information content (AvgIpc) is 3.45. The maximum absolute atomic E-state index is 12.9. The molecule has 0 aromatic heterocycles. The number of esters is 3. The summed E-state index contributed by atoms with van der Waals surface area (Å²) in [6.07, 6.45) is 90.1. The van der Waals surface area contributed by atoms with E-state index in [4.69, 9.17) is 14.2 Å². The van der Waals surface area contributed by atoms with E-state index < -0.39 is 6.10 Å². The van der Waals surface area contributed by atoms with Gasteiger partial charge in [-0.05, 0) is 96.3 Å². The second-order valence-electron chi connectivity index (χ2n) is 22.3. The second-order valence-corrected chi connectivity index (χ2v) is 22.3. The smallest absolute Gasteiger partial charge is 0.306 e. The number of rotatable bonds is 61. The van der Waals surface area contributed by atoms with E-state index in [1.807, 2.05) is 0 Å². The summed E-state index contributed by atoms with van der Waals surface area (Å²) in [6, 6.07) is 0. The molecular weight excluding hydrogens is 973 g/mol. The normalized spacial score (nSPS) is 12.7. The van der Waals surface area contributed by atoms with Gasteiger partial charge in [-0.2, -0.15) is 0 Å². The van der Waals surface area contributed by atoms with Crippen molar-refractivity contribution in [3.63, 3.8) is 0 Å². The zero-order valence-electron chi connectivity index (χ0n) is 52.1. The summed E-state index contributed by atoms with van der Waals surface area (Å²) < 4.78 is 16.9. The highest BCUT2D eigenvalue weighted by Gasteiger charge is 2.19. The molecule has 0 aromatic rings. The molecule has 1 atom stereocenters. The Bertz CT molecular complexity index is 1540. The summed E-state index contributed by atoms with van der Waals surface area (Å²) in [7, 11) is 0. The van der Waals surface area contributed by atoms with E-state index in [-0.39, 0.29) is 31.1 Å². The highest BCUT2D eigenvalue weighted by molar-refractivity contribution is 5.71. The van der Waals surface area contributed by atoms with Crippen molar-refractivity contribution in [1.29, 1.82) is 0 Å². The Morgan fingerprint density at radius 1 is 0.266 bits per heavy atom. The molecule has 0 fully saturated rings. The fourth-order valence-corrected chi connectivity index (χ4v) is 9.60. The Morgan fingerprint density at radius 2 is 0.494 bits per heavy atom. The lowest BCUT2D eigenvalue weighted by Gasteiger charge is -2.18. The molecule has 0 bridgehead atoms. The van der Waals surface area contributed by atoms with Crippen molar-refractivity contribution in [3.05, 3.63) is 97.2 Å². The number of carbonyl (C=O) groups is 3. The van der Waals surface area contributed by atoms with Crippen LogP contribution in [-0.2, 0) is 28.6 Å². The monoisotopic (exact) mass is 1100 g/mol. The third-order valence-corrected chi connectivity index (χ3v) is 14.6. The van der Waals surface area contributed by atoms with Crippen molar-refractivity contribution in [2.75, 3.05) is 13.2 Å². The summed E-state index contributed by atoms with van der Waals surface area (Å²) in [5.74, 6) is -0.897. The first-order chi connectivity index (χ1) is 39.0. The number of hydrogen-bond donors (Lipinski definition) is 0. The van der Waals surface area contributed by atoms with Gasteiger partial charge in [-0.3, -0.25) is 14.4 Å².